The minimum absolute atomic E-state index is 0.190. The van der Waals surface area contributed by atoms with Crippen LogP contribution in [0.4, 0.5) is 22.7 Å². The SMILES string of the molecule is CNc1cc(OC)ccc1NCc1ccc(C(=O)Nc2ccccc2N)cc1. The van der Waals surface area contributed by atoms with Crippen molar-refractivity contribution < 1.29 is 9.53 Å². The third kappa shape index (κ3) is 4.54. The second-order valence-corrected chi connectivity index (χ2v) is 6.25. The maximum atomic E-state index is 12.4. The number of amides is 1. The molecular formula is C22H24N4O2. The van der Waals surface area contributed by atoms with E-state index in [0.717, 1.165) is 22.7 Å². The summed E-state index contributed by atoms with van der Waals surface area (Å²) >= 11 is 0. The number of nitrogen functional groups attached to an aromatic ring is 1. The number of nitrogens with two attached hydrogens (primary N) is 1. The van der Waals surface area contributed by atoms with E-state index >= 15 is 0 Å². The van der Waals surface area contributed by atoms with Gasteiger partial charge in [0.15, 0.2) is 0 Å². The number of anilines is 4. The van der Waals surface area contributed by atoms with E-state index in [-0.39, 0.29) is 5.91 Å². The van der Waals surface area contributed by atoms with Gasteiger partial charge in [-0.25, -0.2) is 0 Å². The van der Waals surface area contributed by atoms with E-state index in [1.54, 1.807) is 31.4 Å². The maximum Gasteiger partial charge on any atom is 0.255 e. The van der Waals surface area contributed by atoms with Crippen molar-refractivity contribution in [2.24, 2.45) is 0 Å². The molecule has 0 aliphatic rings. The quantitative estimate of drug-likeness (QED) is 0.465. The standard InChI is InChI=1S/C22H24N4O2/c1-24-21-13-17(28-2)11-12-20(21)25-14-15-7-9-16(10-8-15)22(27)26-19-6-4-3-5-18(19)23/h3-13,24-25H,14,23H2,1-2H3,(H,26,27). The van der Waals surface area contributed by atoms with Gasteiger partial charge in [0.2, 0.25) is 0 Å². The third-order valence-electron chi connectivity index (χ3n) is 4.40. The van der Waals surface area contributed by atoms with Crippen molar-refractivity contribution in [2.75, 3.05) is 35.8 Å². The van der Waals surface area contributed by atoms with E-state index in [1.807, 2.05) is 49.5 Å². The van der Waals surface area contributed by atoms with E-state index in [4.69, 9.17) is 10.5 Å². The number of nitrogens with one attached hydrogen (secondary N) is 3. The van der Waals surface area contributed by atoms with Gasteiger partial charge in [-0.05, 0) is 42.0 Å². The average Bonchev–Trinajstić information content (AvgIpc) is 2.74. The number of ether oxygens (including phenoxy) is 1. The Bertz CT molecular complexity index is 955. The Hall–Kier alpha value is -3.67. The Morgan fingerprint density at radius 1 is 0.964 bits per heavy atom. The predicted octanol–water partition coefficient (Wildman–Crippen LogP) is 4.18. The van der Waals surface area contributed by atoms with Gasteiger partial charge < -0.3 is 26.4 Å². The van der Waals surface area contributed by atoms with Crippen molar-refractivity contribution in [3.63, 3.8) is 0 Å². The van der Waals surface area contributed by atoms with Crippen LogP contribution < -0.4 is 26.4 Å². The van der Waals surface area contributed by atoms with E-state index in [9.17, 15) is 4.79 Å². The molecule has 0 atom stereocenters. The molecule has 0 aliphatic carbocycles. The highest BCUT2D eigenvalue weighted by atomic mass is 16.5. The van der Waals surface area contributed by atoms with Gasteiger partial charge in [-0.15, -0.1) is 0 Å². The number of hydrogen-bond acceptors (Lipinski definition) is 5. The lowest BCUT2D eigenvalue weighted by Crippen LogP contribution is -2.13. The molecule has 144 valence electrons. The highest BCUT2D eigenvalue weighted by molar-refractivity contribution is 6.05. The molecule has 1 amide bonds. The molecule has 0 radical (unpaired) electrons. The van der Waals surface area contributed by atoms with Crippen LogP contribution in [0.25, 0.3) is 0 Å². The number of rotatable bonds is 7. The molecule has 5 N–H and O–H groups in total. The summed E-state index contributed by atoms with van der Waals surface area (Å²) in [5, 5.41) is 9.38. The molecule has 6 nitrogen and oxygen atoms in total. The zero-order chi connectivity index (χ0) is 19.9. The first-order valence-corrected chi connectivity index (χ1v) is 8.95. The van der Waals surface area contributed by atoms with Crippen molar-refractivity contribution in [2.45, 2.75) is 6.54 Å². The van der Waals surface area contributed by atoms with E-state index in [1.165, 1.54) is 0 Å². The van der Waals surface area contributed by atoms with Crippen molar-refractivity contribution >= 4 is 28.7 Å². The first-order valence-electron chi connectivity index (χ1n) is 8.95. The number of carbonyl (C=O) groups is 1. The van der Waals surface area contributed by atoms with Crippen LogP contribution >= 0.6 is 0 Å². The van der Waals surface area contributed by atoms with Crippen LogP contribution in [0.3, 0.4) is 0 Å². The molecule has 0 aliphatic heterocycles. The second-order valence-electron chi connectivity index (χ2n) is 6.25. The van der Waals surface area contributed by atoms with Gasteiger partial charge in [-0.1, -0.05) is 24.3 Å². The van der Waals surface area contributed by atoms with Crippen LogP contribution in [0.5, 0.6) is 5.75 Å². The Balaban J connectivity index is 1.63. The lowest BCUT2D eigenvalue weighted by molar-refractivity contribution is 0.102. The van der Waals surface area contributed by atoms with Crippen LogP contribution in [0.2, 0.25) is 0 Å². The summed E-state index contributed by atoms with van der Waals surface area (Å²) in [7, 11) is 3.51. The van der Waals surface area contributed by atoms with Gasteiger partial charge in [0.05, 0.1) is 29.9 Å². The van der Waals surface area contributed by atoms with Crippen molar-refractivity contribution in [1.29, 1.82) is 0 Å². The number of benzene rings is 3. The van der Waals surface area contributed by atoms with Crippen LogP contribution in [-0.4, -0.2) is 20.1 Å². The molecule has 0 heterocycles. The van der Waals surface area contributed by atoms with Gasteiger partial charge in [0, 0.05) is 25.2 Å². The molecule has 0 bridgehead atoms. The lowest BCUT2D eigenvalue weighted by Gasteiger charge is -2.13. The fraction of sp³-hybridized carbons (Fsp3) is 0.136. The number of methoxy groups -OCH3 is 1. The molecule has 6 heteroatoms. The van der Waals surface area contributed by atoms with E-state index < -0.39 is 0 Å². The minimum atomic E-state index is -0.190. The van der Waals surface area contributed by atoms with Crippen LogP contribution in [0.1, 0.15) is 15.9 Å². The molecule has 3 aromatic carbocycles. The number of carbonyl (C=O) groups excluding carboxylic acids is 1. The molecule has 3 rings (SSSR count). The molecule has 3 aromatic rings. The summed E-state index contributed by atoms with van der Waals surface area (Å²) in [5.41, 5.74) is 10.6. The maximum absolute atomic E-state index is 12.4. The highest BCUT2D eigenvalue weighted by Crippen LogP contribution is 2.27. The first kappa shape index (κ1) is 19.1. The predicted molar refractivity (Wildman–Crippen MR) is 115 cm³/mol. The normalized spacial score (nSPS) is 10.2. The zero-order valence-electron chi connectivity index (χ0n) is 16.0. The lowest BCUT2D eigenvalue weighted by atomic mass is 10.1. The number of hydrogen-bond donors (Lipinski definition) is 4. The average molecular weight is 376 g/mol. The number of para-hydroxylation sites is 2. The summed E-state index contributed by atoms with van der Waals surface area (Å²) in [5.74, 6) is 0.606. The molecular weight excluding hydrogens is 352 g/mol. The molecule has 0 fully saturated rings. The van der Waals surface area contributed by atoms with Crippen LogP contribution in [-0.2, 0) is 6.54 Å². The molecule has 28 heavy (non-hydrogen) atoms. The van der Waals surface area contributed by atoms with Gasteiger partial charge in [0.25, 0.3) is 5.91 Å². The van der Waals surface area contributed by atoms with Gasteiger partial charge in [-0.2, -0.15) is 0 Å². The first-order chi connectivity index (χ1) is 13.6. The topological polar surface area (TPSA) is 88.4 Å². The summed E-state index contributed by atoms with van der Waals surface area (Å²) in [6, 6.07) is 20.5. The summed E-state index contributed by atoms with van der Waals surface area (Å²) in [6.45, 7) is 0.633. The van der Waals surface area contributed by atoms with Crippen LogP contribution in [0, 0.1) is 0 Å². The fourth-order valence-electron chi connectivity index (χ4n) is 2.79. The Labute approximate surface area is 164 Å². The minimum Gasteiger partial charge on any atom is -0.497 e. The largest absolute Gasteiger partial charge is 0.497 e. The molecule has 0 aromatic heterocycles. The molecule has 0 saturated carbocycles. The third-order valence-corrected chi connectivity index (χ3v) is 4.40. The molecule has 0 saturated heterocycles. The van der Waals surface area contributed by atoms with Crippen LogP contribution in [0.15, 0.2) is 66.7 Å². The molecule has 0 unspecified atom stereocenters. The molecule has 0 spiro atoms. The van der Waals surface area contributed by atoms with Crippen molar-refractivity contribution in [3.05, 3.63) is 77.9 Å². The zero-order valence-corrected chi connectivity index (χ0v) is 16.0. The summed E-state index contributed by atoms with van der Waals surface area (Å²) in [6.07, 6.45) is 0. The van der Waals surface area contributed by atoms with Gasteiger partial charge >= 0.3 is 0 Å². The van der Waals surface area contributed by atoms with E-state index in [0.29, 0.717) is 23.5 Å². The Morgan fingerprint density at radius 2 is 1.71 bits per heavy atom. The Kier molecular flexibility index (Phi) is 6.01. The second kappa shape index (κ2) is 8.81. The van der Waals surface area contributed by atoms with E-state index in [2.05, 4.69) is 16.0 Å². The van der Waals surface area contributed by atoms with Crippen molar-refractivity contribution in [3.8, 4) is 5.75 Å². The smallest absolute Gasteiger partial charge is 0.255 e. The van der Waals surface area contributed by atoms with Crippen molar-refractivity contribution in [1.82, 2.24) is 0 Å². The summed E-state index contributed by atoms with van der Waals surface area (Å²) < 4.78 is 5.25. The highest BCUT2D eigenvalue weighted by Gasteiger charge is 2.08. The fourth-order valence-corrected chi connectivity index (χ4v) is 2.79. The summed E-state index contributed by atoms with van der Waals surface area (Å²) in [4.78, 5) is 12.4. The van der Waals surface area contributed by atoms with Gasteiger partial charge in [-0.3, -0.25) is 4.79 Å². The Morgan fingerprint density at radius 3 is 2.39 bits per heavy atom. The van der Waals surface area contributed by atoms with Gasteiger partial charge in [0.1, 0.15) is 5.75 Å². The monoisotopic (exact) mass is 376 g/mol.